The number of nitrogens with zero attached hydrogens (tertiary/aromatic N) is 3. The van der Waals surface area contributed by atoms with Crippen LogP contribution < -0.4 is 14.8 Å². The van der Waals surface area contributed by atoms with Crippen LogP contribution in [-0.2, 0) is 17.8 Å². The first-order chi connectivity index (χ1) is 18.6. The number of aryl methyl sites for hydroxylation is 1. The third-order valence-corrected chi connectivity index (χ3v) is 6.84. The van der Waals surface area contributed by atoms with Crippen molar-refractivity contribution >= 4 is 11.9 Å². The highest BCUT2D eigenvalue weighted by Crippen LogP contribution is 2.28. The molecular formula is C30H46N4O5. The number of benzene rings is 1. The summed E-state index contributed by atoms with van der Waals surface area (Å²) in [5, 5.41) is 3.04. The van der Waals surface area contributed by atoms with E-state index in [0.717, 1.165) is 31.0 Å². The van der Waals surface area contributed by atoms with Crippen molar-refractivity contribution < 1.29 is 23.5 Å². The molecule has 9 heteroatoms. The van der Waals surface area contributed by atoms with Gasteiger partial charge < -0.3 is 33.9 Å². The molecule has 3 amide bonds. The molecule has 216 valence electrons. The second-order valence-electron chi connectivity index (χ2n) is 11.3. The van der Waals surface area contributed by atoms with Gasteiger partial charge >= 0.3 is 6.03 Å². The zero-order valence-electron chi connectivity index (χ0n) is 24.5. The van der Waals surface area contributed by atoms with Crippen molar-refractivity contribution in [1.29, 1.82) is 0 Å². The summed E-state index contributed by atoms with van der Waals surface area (Å²) in [4.78, 5) is 32.8. The Morgan fingerprint density at radius 2 is 1.69 bits per heavy atom. The molecule has 9 nitrogen and oxygen atoms in total. The van der Waals surface area contributed by atoms with Crippen LogP contribution >= 0.6 is 0 Å². The van der Waals surface area contributed by atoms with Crippen molar-refractivity contribution in [2.75, 3.05) is 53.5 Å². The first-order valence-corrected chi connectivity index (χ1v) is 13.9. The molecule has 1 saturated heterocycles. The van der Waals surface area contributed by atoms with Gasteiger partial charge in [0, 0.05) is 25.2 Å². The summed E-state index contributed by atoms with van der Waals surface area (Å²) in [7, 11) is 3.22. The maximum atomic E-state index is 13.7. The first-order valence-electron chi connectivity index (χ1n) is 13.9. The van der Waals surface area contributed by atoms with Crippen LogP contribution in [0.15, 0.2) is 34.7 Å². The Labute approximate surface area is 233 Å². The molecule has 1 fully saturated rings. The van der Waals surface area contributed by atoms with E-state index in [-0.39, 0.29) is 18.5 Å². The topological polar surface area (TPSA) is 87.5 Å². The van der Waals surface area contributed by atoms with Crippen LogP contribution in [0, 0.1) is 6.92 Å². The number of piperidine rings is 1. The third-order valence-electron chi connectivity index (χ3n) is 6.84. The average Bonchev–Trinajstić information content (AvgIpc) is 3.32. The van der Waals surface area contributed by atoms with E-state index in [2.05, 4.69) is 10.2 Å². The summed E-state index contributed by atoms with van der Waals surface area (Å²) < 4.78 is 16.6. The first kappa shape index (κ1) is 30.3. The number of carbonyl (C=O) groups excluding carboxylic acids is 2. The number of carbonyl (C=O) groups is 2. The Hall–Kier alpha value is -3.20. The number of rotatable bonds is 12. The summed E-state index contributed by atoms with van der Waals surface area (Å²) in [6.45, 7) is 11.9. The van der Waals surface area contributed by atoms with Crippen LogP contribution in [0.1, 0.15) is 57.1 Å². The number of furan rings is 1. The molecule has 0 spiro atoms. The molecule has 1 aliphatic rings. The van der Waals surface area contributed by atoms with Gasteiger partial charge in [0.2, 0.25) is 5.91 Å². The molecule has 2 aromatic rings. The third kappa shape index (κ3) is 9.80. The molecule has 0 bridgehead atoms. The second-order valence-corrected chi connectivity index (χ2v) is 11.3. The molecule has 1 N–H and O–H groups in total. The number of ether oxygens (including phenoxy) is 2. The van der Waals surface area contributed by atoms with E-state index in [4.69, 9.17) is 13.9 Å². The van der Waals surface area contributed by atoms with Crippen molar-refractivity contribution in [3.05, 3.63) is 47.4 Å². The number of hydrogen-bond acceptors (Lipinski definition) is 6. The number of nitrogens with one attached hydrogen (secondary N) is 1. The number of likely N-dealkylation sites (tertiary alicyclic amines) is 1. The SMILES string of the molecule is COc1ccc(CCN(Cc2ccc(C)o2)C(=O)CN(CCN2CCCCC2)C(=O)NC(C)(C)C)cc1OC. The van der Waals surface area contributed by atoms with Crippen molar-refractivity contribution in [3.63, 3.8) is 0 Å². The molecule has 0 atom stereocenters. The van der Waals surface area contributed by atoms with Crippen molar-refractivity contribution in [2.24, 2.45) is 0 Å². The van der Waals surface area contributed by atoms with Gasteiger partial charge in [0.05, 0.1) is 20.8 Å². The smallest absolute Gasteiger partial charge is 0.318 e. The molecule has 0 unspecified atom stereocenters. The average molecular weight is 543 g/mol. The molecule has 0 aliphatic carbocycles. The van der Waals surface area contributed by atoms with E-state index < -0.39 is 5.54 Å². The van der Waals surface area contributed by atoms with Gasteiger partial charge in [-0.1, -0.05) is 12.5 Å². The maximum absolute atomic E-state index is 13.7. The Bertz CT molecular complexity index is 1070. The summed E-state index contributed by atoms with van der Waals surface area (Å²) in [6, 6.07) is 9.35. The molecule has 1 aromatic heterocycles. The summed E-state index contributed by atoms with van der Waals surface area (Å²) in [5.41, 5.74) is 0.621. The van der Waals surface area contributed by atoms with E-state index in [0.29, 0.717) is 43.3 Å². The summed E-state index contributed by atoms with van der Waals surface area (Å²) >= 11 is 0. The predicted octanol–water partition coefficient (Wildman–Crippen LogP) is 4.47. The van der Waals surface area contributed by atoms with Crippen LogP contribution in [0.2, 0.25) is 0 Å². The van der Waals surface area contributed by atoms with E-state index in [1.54, 1.807) is 24.0 Å². The number of hydrogen-bond donors (Lipinski definition) is 1. The normalized spacial score (nSPS) is 14.1. The quantitative estimate of drug-likeness (QED) is 0.426. The lowest BCUT2D eigenvalue weighted by Crippen LogP contribution is -2.53. The van der Waals surface area contributed by atoms with Gasteiger partial charge in [0.25, 0.3) is 0 Å². The maximum Gasteiger partial charge on any atom is 0.318 e. The lowest BCUT2D eigenvalue weighted by atomic mass is 10.1. The predicted molar refractivity (Wildman–Crippen MR) is 152 cm³/mol. The van der Waals surface area contributed by atoms with E-state index >= 15 is 0 Å². The standard InChI is InChI=1S/C30H46N4O5/c1-23-10-12-25(39-23)21-33(17-14-24-11-13-26(37-5)27(20-24)38-6)28(35)22-34(29(36)31-30(2,3)4)19-18-32-15-8-7-9-16-32/h10-13,20H,7-9,14-19,21-22H2,1-6H3,(H,31,36). The number of urea groups is 1. The molecule has 1 aliphatic heterocycles. The number of methoxy groups -OCH3 is 2. The van der Waals surface area contributed by atoms with Gasteiger partial charge in [-0.25, -0.2) is 4.79 Å². The highest BCUT2D eigenvalue weighted by atomic mass is 16.5. The van der Waals surface area contributed by atoms with Gasteiger partial charge in [-0.2, -0.15) is 0 Å². The van der Waals surface area contributed by atoms with Gasteiger partial charge in [-0.05, 0) is 89.9 Å². The summed E-state index contributed by atoms with van der Waals surface area (Å²) in [6.07, 6.45) is 4.23. The number of amides is 3. The Balaban J connectivity index is 1.74. The lowest BCUT2D eigenvalue weighted by Gasteiger charge is -2.33. The van der Waals surface area contributed by atoms with Gasteiger partial charge in [0.15, 0.2) is 11.5 Å². The van der Waals surface area contributed by atoms with Crippen LogP contribution in [0.3, 0.4) is 0 Å². The molecule has 0 saturated carbocycles. The molecule has 1 aromatic carbocycles. The fourth-order valence-electron chi connectivity index (χ4n) is 4.71. The van der Waals surface area contributed by atoms with E-state index in [1.807, 2.05) is 58.0 Å². The van der Waals surface area contributed by atoms with Gasteiger partial charge in [-0.3, -0.25) is 4.79 Å². The molecule has 0 radical (unpaired) electrons. The monoisotopic (exact) mass is 542 g/mol. The largest absolute Gasteiger partial charge is 0.493 e. The molecule has 2 heterocycles. The van der Waals surface area contributed by atoms with Crippen molar-refractivity contribution in [3.8, 4) is 11.5 Å². The highest BCUT2D eigenvalue weighted by molar-refractivity contribution is 5.84. The molecule has 3 rings (SSSR count). The fourth-order valence-corrected chi connectivity index (χ4v) is 4.71. The van der Waals surface area contributed by atoms with Gasteiger partial charge in [-0.15, -0.1) is 0 Å². The minimum Gasteiger partial charge on any atom is -0.493 e. The molecule has 39 heavy (non-hydrogen) atoms. The lowest BCUT2D eigenvalue weighted by molar-refractivity contribution is -0.132. The van der Waals surface area contributed by atoms with Crippen LogP contribution in [-0.4, -0.2) is 85.7 Å². The highest BCUT2D eigenvalue weighted by Gasteiger charge is 2.26. The van der Waals surface area contributed by atoms with E-state index in [1.165, 1.54) is 19.3 Å². The Kier molecular flexibility index (Phi) is 11.1. The van der Waals surface area contributed by atoms with Crippen molar-refractivity contribution in [2.45, 2.75) is 65.5 Å². The fraction of sp³-hybridized carbons (Fsp3) is 0.600. The van der Waals surface area contributed by atoms with Crippen LogP contribution in [0.4, 0.5) is 4.79 Å². The Morgan fingerprint density at radius 1 is 0.974 bits per heavy atom. The molecular weight excluding hydrogens is 496 g/mol. The Morgan fingerprint density at radius 3 is 2.31 bits per heavy atom. The second kappa shape index (κ2) is 14.3. The van der Waals surface area contributed by atoms with Crippen LogP contribution in [0.25, 0.3) is 0 Å². The zero-order valence-corrected chi connectivity index (χ0v) is 24.5. The summed E-state index contributed by atoms with van der Waals surface area (Å²) in [5.74, 6) is 2.70. The van der Waals surface area contributed by atoms with E-state index in [9.17, 15) is 9.59 Å². The minimum absolute atomic E-state index is 0.00137. The van der Waals surface area contributed by atoms with Crippen molar-refractivity contribution in [1.82, 2.24) is 20.0 Å². The van der Waals surface area contributed by atoms with Crippen LogP contribution in [0.5, 0.6) is 11.5 Å². The zero-order chi connectivity index (χ0) is 28.4. The van der Waals surface area contributed by atoms with Gasteiger partial charge in [0.1, 0.15) is 18.1 Å². The minimum atomic E-state index is -0.400.